The maximum atomic E-state index is 13.3. The van der Waals surface area contributed by atoms with Crippen molar-refractivity contribution in [2.24, 2.45) is 0 Å². The summed E-state index contributed by atoms with van der Waals surface area (Å²) in [6.45, 7) is 0. The van der Waals surface area contributed by atoms with Gasteiger partial charge in [-0.3, -0.25) is 4.79 Å². The zero-order valence-electron chi connectivity index (χ0n) is 9.88. The van der Waals surface area contributed by atoms with Crippen LogP contribution in [0.4, 0.5) is 20.2 Å². The van der Waals surface area contributed by atoms with Crippen molar-refractivity contribution in [1.29, 1.82) is 0 Å². The van der Waals surface area contributed by atoms with Gasteiger partial charge in [-0.05, 0) is 46.3 Å². The molecular weight excluding hydrogens is 354 g/mol. The lowest BCUT2D eigenvalue weighted by Crippen LogP contribution is -2.13. The van der Waals surface area contributed by atoms with Crippen LogP contribution in [0, 0.1) is 11.6 Å². The Hall–Kier alpha value is -1.66. The minimum atomic E-state index is -0.981. The van der Waals surface area contributed by atoms with Gasteiger partial charge in [0.1, 0.15) is 17.3 Å². The third-order valence-corrected chi connectivity index (χ3v) is 3.41. The fraction of sp³-hybridized carbons (Fsp3) is 0. The molecule has 0 spiro atoms. The second-order valence-electron chi connectivity index (χ2n) is 3.93. The Morgan fingerprint density at radius 2 is 1.80 bits per heavy atom. The topological polar surface area (TPSA) is 55.1 Å². The second-order valence-corrected chi connectivity index (χ2v) is 5.22. The average molecular weight is 362 g/mol. The summed E-state index contributed by atoms with van der Waals surface area (Å²) in [6.07, 6.45) is 0. The summed E-state index contributed by atoms with van der Waals surface area (Å²) >= 11 is 9.00. The normalized spacial score (nSPS) is 10.4. The van der Waals surface area contributed by atoms with Gasteiger partial charge >= 0.3 is 0 Å². The molecule has 2 aromatic carbocycles. The number of hydrogen-bond donors (Lipinski definition) is 2. The Morgan fingerprint density at radius 3 is 2.35 bits per heavy atom. The largest absolute Gasteiger partial charge is 0.394 e. The van der Waals surface area contributed by atoms with Crippen LogP contribution in [-0.2, 0) is 0 Å². The van der Waals surface area contributed by atoms with Gasteiger partial charge in [-0.2, -0.15) is 0 Å². The molecule has 3 nitrogen and oxygen atoms in total. The first-order valence-corrected chi connectivity index (χ1v) is 6.56. The molecule has 2 rings (SSSR count). The number of hydrogen-bond acceptors (Lipinski definition) is 2. The summed E-state index contributed by atoms with van der Waals surface area (Å²) in [6, 6.07) is 6.47. The summed E-state index contributed by atoms with van der Waals surface area (Å²) in [5.41, 5.74) is 4.78. The van der Waals surface area contributed by atoms with E-state index in [9.17, 15) is 13.6 Å². The van der Waals surface area contributed by atoms with Gasteiger partial charge in [0.25, 0.3) is 5.91 Å². The Balaban J connectivity index is 2.28. The number of amides is 1. The quantitative estimate of drug-likeness (QED) is 0.787. The highest BCUT2D eigenvalue weighted by molar-refractivity contribution is 9.10. The maximum absolute atomic E-state index is 13.3. The number of halogens is 4. The van der Waals surface area contributed by atoms with Crippen LogP contribution in [0.1, 0.15) is 10.4 Å². The van der Waals surface area contributed by atoms with Crippen LogP contribution in [0.2, 0.25) is 5.02 Å². The van der Waals surface area contributed by atoms with Crippen molar-refractivity contribution in [3.63, 3.8) is 0 Å². The molecule has 7 heteroatoms. The van der Waals surface area contributed by atoms with Crippen molar-refractivity contribution in [2.75, 3.05) is 11.1 Å². The molecule has 104 valence electrons. The molecule has 1 amide bonds. The second kappa shape index (κ2) is 5.76. The van der Waals surface area contributed by atoms with Crippen LogP contribution in [0.5, 0.6) is 0 Å². The highest BCUT2D eigenvalue weighted by atomic mass is 79.9. The number of nitrogens with two attached hydrogens (primary N) is 1. The van der Waals surface area contributed by atoms with Gasteiger partial charge in [-0.25, -0.2) is 8.78 Å². The summed E-state index contributed by atoms with van der Waals surface area (Å²) < 4.78 is 27.1. The van der Waals surface area contributed by atoms with Crippen molar-refractivity contribution in [1.82, 2.24) is 0 Å². The minimum absolute atomic E-state index is 0.170. The lowest BCUT2D eigenvalue weighted by Gasteiger charge is -2.09. The van der Waals surface area contributed by atoms with Gasteiger partial charge in [-0.15, -0.1) is 0 Å². The van der Waals surface area contributed by atoms with Crippen LogP contribution < -0.4 is 11.1 Å². The lowest BCUT2D eigenvalue weighted by molar-refractivity contribution is 0.102. The molecule has 0 atom stereocenters. The molecule has 3 N–H and O–H groups in total. The highest BCUT2D eigenvalue weighted by Gasteiger charge is 2.14. The number of benzene rings is 2. The standard InChI is InChI=1S/C13H8BrClF2N2O/c14-8-5-7(15)1-2-11(8)19-13(20)6-3-9(16)12(18)10(17)4-6/h1-5H,18H2,(H,19,20). The van der Waals surface area contributed by atoms with E-state index < -0.39 is 23.2 Å². The molecule has 0 bridgehead atoms. The predicted octanol–water partition coefficient (Wildman–Crippen LogP) is 4.22. The van der Waals surface area contributed by atoms with E-state index in [-0.39, 0.29) is 5.56 Å². The fourth-order valence-corrected chi connectivity index (χ4v) is 2.28. The zero-order valence-corrected chi connectivity index (χ0v) is 12.2. The number of carbonyl (C=O) groups is 1. The number of anilines is 2. The van der Waals surface area contributed by atoms with Gasteiger partial charge in [0, 0.05) is 15.1 Å². The third-order valence-electron chi connectivity index (χ3n) is 2.52. The van der Waals surface area contributed by atoms with E-state index >= 15 is 0 Å². The van der Waals surface area contributed by atoms with Crippen molar-refractivity contribution < 1.29 is 13.6 Å². The van der Waals surface area contributed by atoms with E-state index in [1.54, 1.807) is 18.2 Å². The van der Waals surface area contributed by atoms with Gasteiger partial charge in [-0.1, -0.05) is 11.6 Å². The Morgan fingerprint density at radius 1 is 1.20 bits per heavy atom. The van der Waals surface area contributed by atoms with E-state index in [1.165, 1.54) is 0 Å². The first kappa shape index (κ1) is 14.7. The lowest BCUT2D eigenvalue weighted by atomic mass is 10.1. The fourth-order valence-electron chi connectivity index (χ4n) is 1.50. The van der Waals surface area contributed by atoms with E-state index in [0.29, 0.717) is 15.2 Å². The molecule has 0 saturated heterocycles. The molecule has 2 aromatic rings. The van der Waals surface area contributed by atoms with Crippen LogP contribution in [0.3, 0.4) is 0 Å². The van der Waals surface area contributed by atoms with Crippen molar-refractivity contribution >= 4 is 44.8 Å². The van der Waals surface area contributed by atoms with Gasteiger partial charge in [0.2, 0.25) is 0 Å². The average Bonchev–Trinajstić information content (AvgIpc) is 2.38. The number of rotatable bonds is 2. The molecule has 0 radical (unpaired) electrons. The van der Waals surface area contributed by atoms with E-state index in [4.69, 9.17) is 17.3 Å². The Kier molecular flexibility index (Phi) is 4.25. The SMILES string of the molecule is Nc1c(F)cc(C(=O)Nc2ccc(Cl)cc2Br)cc1F. The minimum Gasteiger partial charge on any atom is -0.394 e. The zero-order chi connectivity index (χ0) is 14.9. The summed E-state index contributed by atoms with van der Waals surface area (Å²) in [5, 5.41) is 2.99. The number of carbonyl (C=O) groups excluding carboxylic acids is 1. The summed E-state index contributed by atoms with van der Waals surface area (Å²) in [7, 11) is 0. The monoisotopic (exact) mass is 360 g/mol. The molecule has 0 saturated carbocycles. The molecule has 0 fully saturated rings. The maximum Gasteiger partial charge on any atom is 0.255 e. The molecule has 0 aromatic heterocycles. The van der Waals surface area contributed by atoms with E-state index in [0.717, 1.165) is 12.1 Å². The number of nitrogen functional groups attached to an aromatic ring is 1. The van der Waals surface area contributed by atoms with Gasteiger partial charge < -0.3 is 11.1 Å². The van der Waals surface area contributed by atoms with Gasteiger partial charge in [0.15, 0.2) is 0 Å². The van der Waals surface area contributed by atoms with Crippen molar-refractivity contribution in [2.45, 2.75) is 0 Å². The molecule has 0 aliphatic rings. The smallest absolute Gasteiger partial charge is 0.255 e. The van der Waals surface area contributed by atoms with Gasteiger partial charge in [0.05, 0.1) is 5.69 Å². The van der Waals surface area contributed by atoms with Crippen molar-refractivity contribution in [3.05, 3.63) is 57.0 Å². The first-order valence-electron chi connectivity index (χ1n) is 5.39. The number of nitrogens with one attached hydrogen (secondary N) is 1. The molecule has 0 aliphatic heterocycles. The van der Waals surface area contributed by atoms with E-state index in [2.05, 4.69) is 21.2 Å². The van der Waals surface area contributed by atoms with E-state index in [1.807, 2.05) is 0 Å². The molecule has 20 heavy (non-hydrogen) atoms. The summed E-state index contributed by atoms with van der Waals surface area (Å²) in [4.78, 5) is 11.9. The predicted molar refractivity (Wildman–Crippen MR) is 77.9 cm³/mol. The molecule has 0 unspecified atom stereocenters. The van der Waals surface area contributed by atoms with Crippen LogP contribution >= 0.6 is 27.5 Å². The van der Waals surface area contributed by atoms with Crippen LogP contribution in [-0.4, -0.2) is 5.91 Å². The highest BCUT2D eigenvalue weighted by Crippen LogP contribution is 2.26. The summed E-state index contributed by atoms with van der Waals surface area (Å²) in [5.74, 6) is -2.62. The Labute approximate surface area is 126 Å². The molecule has 0 heterocycles. The third kappa shape index (κ3) is 3.08. The first-order chi connectivity index (χ1) is 9.38. The van der Waals surface area contributed by atoms with Crippen LogP contribution in [0.25, 0.3) is 0 Å². The van der Waals surface area contributed by atoms with Crippen molar-refractivity contribution in [3.8, 4) is 0 Å². The molecular formula is C13H8BrClF2N2O. The Bertz CT molecular complexity index is 671. The molecule has 0 aliphatic carbocycles. The van der Waals surface area contributed by atoms with Crippen LogP contribution in [0.15, 0.2) is 34.8 Å².